The van der Waals surface area contributed by atoms with E-state index in [9.17, 15) is 18.4 Å². The summed E-state index contributed by atoms with van der Waals surface area (Å²) in [6, 6.07) is 10.6. The van der Waals surface area contributed by atoms with E-state index in [1.165, 1.54) is 47.7 Å². The minimum Gasteiger partial charge on any atom is -0.484 e. The Kier molecular flexibility index (Phi) is 7.98. The molecule has 0 unspecified atom stereocenters. The van der Waals surface area contributed by atoms with E-state index in [2.05, 4.69) is 5.32 Å². The molecule has 1 N–H and O–H groups in total. The van der Waals surface area contributed by atoms with Gasteiger partial charge in [-0.25, -0.2) is 8.78 Å². The van der Waals surface area contributed by atoms with Crippen molar-refractivity contribution in [1.29, 1.82) is 0 Å². The highest BCUT2D eigenvalue weighted by Crippen LogP contribution is 2.18. The second kappa shape index (κ2) is 10.9. The first kappa shape index (κ1) is 22.7. The van der Waals surface area contributed by atoms with Crippen molar-refractivity contribution in [3.8, 4) is 5.75 Å². The maximum atomic E-state index is 13.3. The molecule has 3 rings (SSSR count). The van der Waals surface area contributed by atoms with Crippen molar-refractivity contribution in [2.45, 2.75) is 57.7 Å². The van der Waals surface area contributed by atoms with Crippen LogP contribution < -0.4 is 10.1 Å². The molecule has 5 nitrogen and oxygen atoms in total. The summed E-state index contributed by atoms with van der Waals surface area (Å²) in [4.78, 5) is 27.3. The molecule has 0 aromatic heterocycles. The molecule has 7 heteroatoms. The normalized spacial score (nSPS) is 15.2. The predicted molar refractivity (Wildman–Crippen MR) is 113 cm³/mol. The molecule has 1 atom stereocenters. The zero-order chi connectivity index (χ0) is 22.2. The fourth-order valence-electron chi connectivity index (χ4n) is 3.70. The van der Waals surface area contributed by atoms with Crippen LogP contribution in [0.5, 0.6) is 5.75 Å². The quantitative estimate of drug-likeness (QED) is 0.683. The summed E-state index contributed by atoms with van der Waals surface area (Å²) in [6.07, 6.45) is 5.24. The minimum absolute atomic E-state index is 0.127. The molecule has 0 aliphatic heterocycles. The molecular formula is C24H28F2N2O3. The summed E-state index contributed by atoms with van der Waals surface area (Å²) in [5, 5.41) is 3.05. The van der Waals surface area contributed by atoms with Crippen molar-refractivity contribution in [2.75, 3.05) is 6.61 Å². The second-order valence-electron chi connectivity index (χ2n) is 7.91. The van der Waals surface area contributed by atoms with Crippen LogP contribution in [0.3, 0.4) is 0 Å². The molecule has 31 heavy (non-hydrogen) atoms. The third kappa shape index (κ3) is 6.77. The smallest absolute Gasteiger partial charge is 0.261 e. The van der Waals surface area contributed by atoms with Gasteiger partial charge in [-0.2, -0.15) is 0 Å². The summed E-state index contributed by atoms with van der Waals surface area (Å²) < 4.78 is 31.8. The summed E-state index contributed by atoms with van der Waals surface area (Å²) in [5.41, 5.74) is 0.703. The van der Waals surface area contributed by atoms with Gasteiger partial charge < -0.3 is 15.0 Å². The molecule has 2 aromatic rings. The number of hydrogen-bond donors (Lipinski definition) is 1. The topological polar surface area (TPSA) is 58.6 Å². The first-order valence-corrected chi connectivity index (χ1v) is 10.6. The SMILES string of the molecule is C[C@@H](C(=O)NC1CCCCC1)N(Cc1ccc(F)cc1)C(=O)COc1ccc(F)cc1. The van der Waals surface area contributed by atoms with E-state index in [0.717, 1.165) is 25.7 Å². The lowest BCUT2D eigenvalue weighted by atomic mass is 9.95. The third-order valence-electron chi connectivity index (χ3n) is 5.56. The lowest BCUT2D eigenvalue weighted by Gasteiger charge is -2.31. The van der Waals surface area contributed by atoms with Crippen LogP contribution in [0.1, 0.15) is 44.6 Å². The third-order valence-corrected chi connectivity index (χ3v) is 5.56. The van der Waals surface area contributed by atoms with Gasteiger partial charge in [0.1, 0.15) is 23.4 Å². The van der Waals surface area contributed by atoms with E-state index in [1.54, 1.807) is 19.1 Å². The Labute approximate surface area is 181 Å². The van der Waals surface area contributed by atoms with Crippen LogP contribution in [-0.2, 0) is 16.1 Å². The predicted octanol–water partition coefficient (Wildman–Crippen LogP) is 4.21. The molecule has 1 fully saturated rings. The van der Waals surface area contributed by atoms with Crippen molar-refractivity contribution in [1.82, 2.24) is 10.2 Å². The Balaban J connectivity index is 1.69. The van der Waals surface area contributed by atoms with Crippen LogP contribution >= 0.6 is 0 Å². The maximum Gasteiger partial charge on any atom is 0.261 e. The zero-order valence-corrected chi connectivity index (χ0v) is 17.7. The van der Waals surface area contributed by atoms with Gasteiger partial charge in [-0.05, 0) is 61.7 Å². The number of carbonyl (C=O) groups is 2. The van der Waals surface area contributed by atoms with E-state index < -0.39 is 11.9 Å². The van der Waals surface area contributed by atoms with E-state index >= 15 is 0 Å². The van der Waals surface area contributed by atoms with Crippen LogP contribution in [0, 0.1) is 11.6 Å². The molecule has 0 spiro atoms. The van der Waals surface area contributed by atoms with Crippen LogP contribution in [0.4, 0.5) is 8.78 Å². The van der Waals surface area contributed by atoms with Crippen molar-refractivity contribution < 1.29 is 23.1 Å². The lowest BCUT2D eigenvalue weighted by molar-refractivity contribution is -0.142. The van der Waals surface area contributed by atoms with E-state index in [4.69, 9.17) is 4.74 Å². The molecule has 1 saturated carbocycles. The molecule has 2 amide bonds. The summed E-state index contributed by atoms with van der Waals surface area (Å²) in [7, 11) is 0. The number of nitrogens with one attached hydrogen (secondary N) is 1. The average molecular weight is 430 g/mol. The highest BCUT2D eigenvalue weighted by Gasteiger charge is 2.28. The average Bonchev–Trinajstić information content (AvgIpc) is 2.78. The summed E-state index contributed by atoms with van der Waals surface area (Å²) in [5.74, 6) is -1.02. The maximum absolute atomic E-state index is 13.3. The second-order valence-corrected chi connectivity index (χ2v) is 7.91. The molecule has 2 aromatic carbocycles. The summed E-state index contributed by atoms with van der Waals surface area (Å²) >= 11 is 0. The fraction of sp³-hybridized carbons (Fsp3) is 0.417. The number of halogens is 2. The first-order valence-electron chi connectivity index (χ1n) is 10.6. The molecule has 0 bridgehead atoms. The molecule has 1 aliphatic carbocycles. The molecule has 0 saturated heterocycles. The van der Waals surface area contributed by atoms with Crippen molar-refractivity contribution in [3.63, 3.8) is 0 Å². The molecule has 1 aliphatic rings. The summed E-state index contributed by atoms with van der Waals surface area (Å²) in [6.45, 7) is 1.52. The van der Waals surface area contributed by atoms with Crippen molar-refractivity contribution in [2.24, 2.45) is 0 Å². The zero-order valence-electron chi connectivity index (χ0n) is 17.7. The van der Waals surface area contributed by atoms with Gasteiger partial charge >= 0.3 is 0 Å². The van der Waals surface area contributed by atoms with Crippen LogP contribution in [0.15, 0.2) is 48.5 Å². The fourth-order valence-corrected chi connectivity index (χ4v) is 3.70. The van der Waals surface area contributed by atoms with Gasteiger partial charge in [0.15, 0.2) is 6.61 Å². The standard InChI is InChI=1S/C24H28F2N2O3/c1-17(24(30)27-21-5-3-2-4-6-21)28(15-18-7-9-19(25)10-8-18)23(29)16-31-22-13-11-20(26)12-14-22/h7-14,17,21H,2-6,15-16H2,1H3,(H,27,30)/t17-/m0/s1. The van der Waals surface area contributed by atoms with Gasteiger partial charge in [0.2, 0.25) is 5.91 Å². The Bertz CT molecular complexity index is 865. The van der Waals surface area contributed by atoms with E-state index in [-0.39, 0.29) is 36.8 Å². The number of nitrogens with zero attached hydrogens (tertiary/aromatic N) is 1. The molecule has 0 heterocycles. The Morgan fingerprint density at radius 2 is 1.58 bits per heavy atom. The number of ether oxygens (including phenoxy) is 1. The number of carbonyl (C=O) groups excluding carboxylic acids is 2. The Morgan fingerprint density at radius 1 is 1.00 bits per heavy atom. The van der Waals surface area contributed by atoms with Gasteiger partial charge in [-0.3, -0.25) is 9.59 Å². The van der Waals surface area contributed by atoms with Gasteiger partial charge in [-0.1, -0.05) is 31.4 Å². The Morgan fingerprint density at radius 3 is 2.19 bits per heavy atom. The van der Waals surface area contributed by atoms with Crippen LogP contribution in [-0.4, -0.2) is 35.4 Å². The van der Waals surface area contributed by atoms with Crippen LogP contribution in [0.25, 0.3) is 0 Å². The van der Waals surface area contributed by atoms with Crippen molar-refractivity contribution in [3.05, 3.63) is 65.7 Å². The van der Waals surface area contributed by atoms with E-state index in [0.29, 0.717) is 11.3 Å². The number of rotatable bonds is 8. The highest BCUT2D eigenvalue weighted by atomic mass is 19.1. The largest absolute Gasteiger partial charge is 0.484 e. The lowest BCUT2D eigenvalue weighted by Crippen LogP contribution is -2.51. The monoisotopic (exact) mass is 430 g/mol. The van der Waals surface area contributed by atoms with Gasteiger partial charge in [0.25, 0.3) is 5.91 Å². The van der Waals surface area contributed by atoms with E-state index in [1.807, 2.05) is 0 Å². The van der Waals surface area contributed by atoms with Gasteiger partial charge in [0.05, 0.1) is 0 Å². The van der Waals surface area contributed by atoms with Crippen molar-refractivity contribution >= 4 is 11.8 Å². The number of amides is 2. The molecule has 0 radical (unpaired) electrons. The minimum atomic E-state index is -0.726. The first-order chi connectivity index (χ1) is 14.9. The van der Waals surface area contributed by atoms with Gasteiger partial charge in [-0.15, -0.1) is 0 Å². The number of hydrogen-bond acceptors (Lipinski definition) is 3. The van der Waals surface area contributed by atoms with Gasteiger partial charge in [0, 0.05) is 12.6 Å². The molecular weight excluding hydrogens is 402 g/mol. The molecule has 166 valence electrons. The Hall–Kier alpha value is -2.96. The van der Waals surface area contributed by atoms with Crippen LogP contribution in [0.2, 0.25) is 0 Å². The number of benzene rings is 2. The highest BCUT2D eigenvalue weighted by molar-refractivity contribution is 5.88.